The van der Waals surface area contributed by atoms with Crippen molar-refractivity contribution in [3.63, 3.8) is 0 Å². The molecular formula is C6H9N3OS. The van der Waals surface area contributed by atoms with Gasteiger partial charge in [0.15, 0.2) is 11.6 Å². The zero-order valence-electron chi connectivity index (χ0n) is 6.37. The molecule has 0 aliphatic carbocycles. The quantitative estimate of drug-likeness (QED) is 0.526. The van der Waals surface area contributed by atoms with Crippen molar-refractivity contribution in [3.05, 3.63) is 6.33 Å². The zero-order chi connectivity index (χ0) is 8.27. The van der Waals surface area contributed by atoms with Crippen LogP contribution in [0.25, 0.3) is 0 Å². The highest BCUT2D eigenvalue weighted by Gasteiger charge is 2.06. The van der Waals surface area contributed by atoms with Crippen molar-refractivity contribution in [2.24, 2.45) is 0 Å². The minimum absolute atomic E-state index is 0.381. The van der Waals surface area contributed by atoms with Gasteiger partial charge in [-0.1, -0.05) is 0 Å². The lowest BCUT2D eigenvalue weighted by atomic mass is 10.5. The van der Waals surface area contributed by atoms with Gasteiger partial charge in [-0.15, -0.1) is 11.8 Å². The molecule has 0 saturated carbocycles. The minimum Gasteiger partial charge on any atom is -0.490 e. The molecule has 2 N–H and O–H groups in total. The molecule has 0 unspecified atom stereocenters. The van der Waals surface area contributed by atoms with Crippen LogP contribution in [0.4, 0.5) is 5.82 Å². The number of nitrogens with two attached hydrogens (primary N) is 1. The summed E-state index contributed by atoms with van der Waals surface area (Å²) in [6.07, 6.45) is 3.33. The van der Waals surface area contributed by atoms with Crippen molar-refractivity contribution >= 4 is 17.6 Å². The molecule has 1 rings (SSSR count). The Kier molecular flexibility index (Phi) is 2.53. The Balaban J connectivity index is 3.13. The standard InChI is InChI=1S/C6H9N3OS/c1-10-4-5(7)8-3-9-6(4)11-2/h3H,1-2H3,(H2,7,8,9). The van der Waals surface area contributed by atoms with E-state index in [1.807, 2.05) is 6.26 Å². The fourth-order valence-electron chi connectivity index (χ4n) is 0.708. The second-order valence-electron chi connectivity index (χ2n) is 1.80. The second-order valence-corrected chi connectivity index (χ2v) is 2.60. The van der Waals surface area contributed by atoms with Crippen LogP contribution in [0.2, 0.25) is 0 Å². The van der Waals surface area contributed by atoms with Crippen LogP contribution in [0, 0.1) is 0 Å². The van der Waals surface area contributed by atoms with Crippen LogP contribution in [0.1, 0.15) is 0 Å². The van der Waals surface area contributed by atoms with Gasteiger partial charge in [0.2, 0.25) is 0 Å². The molecule has 5 heteroatoms. The lowest BCUT2D eigenvalue weighted by molar-refractivity contribution is 0.401. The van der Waals surface area contributed by atoms with Crippen molar-refractivity contribution in [2.45, 2.75) is 5.03 Å². The van der Waals surface area contributed by atoms with E-state index in [0.29, 0.717) is 11.6 Å². The van der Waals surface area contributed by atoms with Crippen LogP contribution in [-0.4, -0.2) is 23.3 Å². The molecule has 4 nitrogen and oxygen atoms in total. The molecule has 60 valence electrons. The predicted octanol–water partition coefficient (Wildman–Crippen LogP) is 0.789. The number of hydrogen-bond donors (Lipinski definition) is 1. The van der Waals surface area contributed by atoms with E-state index in [1.54, 1.807) is 7.11 Å². The van der Waals surface area contributed by atoms with Crippen LogP contribution < -0.4 is 10.5 Å². The average molecular weight is 171 g/mol. The first-order valence-corrected chi connectivity index (χ1v) is 4.20. The van der Waals surface area contributed by atoms with E-state index in [-0.39, 0.29) is 0 Å². The maximum absolute atomic E-state index is 5.52. The van der Waals surface area contributed by atoms with E-state index >= 15 is 0 Å². The molecule has 0 aliphatic heterocycles. The van der Waals surface area contributed by atoms with Crippen LogP contribution in [0.3, 0.4) is 0 Å². The number of aromatic nitrogens is 2. The molecule has 1 aromatic rings. The fraction of sp³-hybridized carbons (Fsp3) is 0.333. The number of ether oxygens (including phenoxy) is 1. The highest BCUT2D eigenvalue weighted by molar-refractivity contribution is 7.98. The molecule has 0 amide bonds. The van der Waals surface area contributed by atoms with Crippen LogP contribution in [0.5, 0.6) is 5.75 Å². The molecule has 11 heavy (non-hydrogen) atoms. The first-order chi connectivity index (χ1) is 5.29. The SMILES string of the molecule is COc1c(N)ncnc1SC. The summed E-state index contributed by atoms with van der Waals surface area (Å²) in [5.41, 5.74) is 5.52. The third-order valence-corrected chi connectivity index (χ3v) is 1.87. The van der Waals surface area contributed by atoms with Crippen LogP contribution in [-0.2, 0) is 0 Å². The van der Waals surface area contributed by atoms with Crippen molar-refractivity contribution in [3.8, 4) is 5.75 Å². The second kappa shape index (κ2) is 3.43. The van der Waals surface area contributed by atoms with E-state index in [1.165, 1.54) is 18.1 Å². The highest BCUT2D eigenvalue weighted by atomic mass is 32.2. The van der Waals surface area contributed by atoms with Gasteiger partial charge >= 0.3 is 0 Å². The molecule has 0 atom stereocenters. The Hall–Kier alpha value is -0.970. The van der Waals surface area contributed by atoms with Crippen molar-refractivity contribution in [1.82, 2.24) is 9.97 Å². The summed E-state index contributed by atoms with van der Waals surface area (Å²) in [5, 5.41) is 0.764. The summed E-state index contributed by atoms with van der Waals surface area (Å²) < 4.78 is 5.00. The van der Waals surface area contributed by atoms with E-state index < -0.39 is 0 Å². The smallest absolute Gasteiger partial charge is 0.193 e. The number of thioether (sulfide) groups is 1. The number of anilines is 1. The first kappa shape index (κ1) is 8.13. The van der Waals surface area contributed by atoms with E-state index in [9.17, 15) is 0 Å². The van der Waals surface area contributed by atoms with Gasteiger partial charge in [-0.05, 0) is 6.26 Å². The van der Waals surface area contributed by atoms with Gasteiger partial charge in [-0.2, -0.15) is 0 Å². The Morgan fingerprint density at radius 2 is 2.27 bits per heavy atom. The lowest BCUT2D eigenvalue weighted by Crippen LogP contribution is -1.98. The zero-order valence-corrected chi connectivity index (χ0v) is 7.18. The molecule has 0 saturated heterocycles. The Labute approximate surface area is 69.2 Å². The number of nitrogens with zero attached hydrogens (tertiary/aromatic N) is 2. The third kappa shape index (κ3) is 1.54. The third-order valence-electron chi connectivity index (χ3n) is 1.20. The molecule has 0 bridgehead atoms. The van der Waals surface area contributed by atoms with Crippen molar-refractivity contribution in [1.29, 1.82) is 0 Å². The van der Waals surface area contributed by atoms with Gasteiger partial charge in [0.25, 0.3) is 0 Å². The van der Waals surface area contributed by atoms with E-state index in [0.717, 1.165) is 5.03 Å². The highest BCUT2D eigenvalue weighted by Crippen LogP contribution is 2.28. The van der Waals surface area contributed by atoms with Crippen LogP contribution in [0.15, 0.2) is 11.4 Å². The molecule has 0 spiro atoms. The predicted molar refractivity (Wildman–Crippen MR) is 44.8 cm³/mol. The molecule has 1 aromatic heterocycles. The van der Waals surface area contributed by atoms with E-state index in [2.05, 4.69) is 9.97 Å². The minimum atomic E-state index is 0.381. The largest absolute Gasteiger partial charge is 0.490 e. The lowest BCUT2D eigenvalue weighted by Gasteiger charge is -2.05. The Morgan fingerprint density at radius 1 is 1.55 bits per heavy atom. The van der Waals surface area contributed by atoms with Gasteiger partial charge in [0.1, 0.15) is 11.4 Å². The van der Waals surface area contributed by atoms with Crippen molar-refractivity contribution < 1.29 is 4.74 Å². The summed E-state index contributed by atoms with van der Waals surface area (Å²) in [6, 6.07) is 0. The molecule has 0 aromatic carbocycles. The molecule has 0 radical (unpaired) electrons. The Morgan fingerprint density at radius 3 is 2.73 bits per heavy atom. The van der Waals surface area contributed by atoms with Gasteiger partial charge in [-0.3, -0.25) is 0 Å². The van der Waals surface area contributed by atoms with Crippen LogP contribution >= 0.6 is 11.8 Å². The summed E-state index contributed by atoms with van der Waals surface area (Å²) in [5.74, 6) is 0.937. The fourth-order valence-corrected chi connectivity index (χ4v) is 1.23. The summed E-state index contributed by atoms with van der Waals surface area (Å²) >= 11 is 1.48. The van der Waals surface area contributed by atoms with Gasteiger partial charge < -0.3 is 10.5 Å². The number of nitrogen functional groups attached to an aromatic ring is 1. The number of hydrogen-bond acceptors (Lipinski definition) is 5. The molecule has 0 fully saturated rings. The summed E-state index contributed by atoms with van der Waals surface area (Å²) in [4.78, 5) is 7.76. The molecule has 1 heterocycles. The van der Waals surface area contributed by atoms with Gasteiger partial charge in [-0.25, -0.2) is 9.97 Å². The van der Waals surface area contributed by atoms with Crippen molar-refractivity contribution in [2.75, 3.05) is 19.1 Å². The molecule has 0 aliphatic rings. The Bertz CT molecular complexity index is 254. The monoisotopic (exact) mass is 171 g/mol. The summed E-state index contributed by atoms with van der Waals surface area (Å²) in [6.45, 7) is 0. The maximum atomic E-state index is 5.52. The van der Waals surface area contributed by atoms with E-state index in [4.69, 9.17) is 10.5 Å². The number of rotatable bonds is 2. The first-order valence-electron chi connectivity index (χ1n) is 2.98. The summed E-state index contributed by atoms with van der Waals surface area (Å²) in [7, 11) is 1.55. The normalized spacial score (nSPS) is 9.64. The number of methoxy groups -OCH3 is 1. The molecular weight excluding hydrogens is 162 g/mol. The topological polar surface area (TPSA) is 61.0 Å². The van der Waals surface area contributed by atoms with Gasteiger partial charge in [0.05, 0.1) is 7.11 Å². The maximum Gasteiger partial charge on any atom is 0.193 e. The average Bonchev–Trinajstić information content (AvgIpc) is 2.04. The van der Waals surface area contributed by atoms with Gasteiger partial charge in [0, 0.05) is 0 Å².